The average molecular weight is 441 g/mol. The van der Waals surface area contributed by atoms with Crippen LogP contribution < -0.4 is 10.6 Å². The number of halogens is 1. The van der Waals surface area contributed by atoms with Gasteiger partial charge in [0.25, 0.3) is 0 Å². The number of hydrogen-bond donors (Lipinski definition) is 2. The first-order valence-electron chi connectivity index (χ1n) is 10.9. The molecule has 0 saturated carbocycles. The Morgan fingerprint density at radius 1 is 1.10 bits per heavy atom. The second-order valence-electron chi connectivity index (χ2n) is 7.17. The van der Waals surface area contributed by atoms with Crippen molar-refractivity contribution < 1.29 is 14.2 Å². The van der Waals surface area contributed by atoms with Crippen LogP contribution in [-0.4, -0.2) is 83.7 Å². The lowest BCUT2D eigenvalue weighted by Crippen LogP contribution is -2.46. The van der Waals surface area contributed by atoms with Gasteiger partial charge in [-0.25, -0.2) is 0 Å². The maximum atomic E-state index is 6.08. The lowest BCUT2D eigenvalue weighted by atomic mass is 10.0. The summed E-state index contributed by atoms with van der Waals surface area (Å²) in [5.74, 6) is 0.769. The molecular weight excluding hydrogens is 404 g/mol. The second kappa shape index (κ2) is 15.4. The Labute approximate surface area is 186 Å². The van der Waals surface area contributed by atoms with Crippen molar-refractivity contribution in [2.75, 3.05) is 72.9 Å². The van der Waals surface area contributed by atoms with Crippen LogP contribution in [0.25, 0.3) is 0 Å². The van der Waals surface area contributed by atoms with Crippen LogP contribution in [0.3, 0.4) is 0 Å². The minimum Gasteiger partial charge on any atom is -0.379 e. The first-order valence-corrected chi connectivity index (χ1v) is 11.3. The molecule has 0 spiro atoms. The van der Waals surface area contributed by atoms with Crippen molar-refractivity contribution in [3.05, 3.63) is 34.9 Å². The SMILES string of the molecule is CCCCOCCOCCNC(=NC)NCC(c1ccc(Cl)cc1)N1CCOCC1. The highest BCUT2D eigenvalue weighted by atomic mass is 35.5. The van der Waals surface area contributed by atoms with E-state index in [0.717, 1.165) is 63.3 Å². The normalized spacial score (nSPS) is 16.4. The summed E-state index contributed by atoms with van der Waals surface area (Å²) >= 11 is 6.08. The highest BCUT2D eigenvalue weighted by Crippen LogP contribution is 2.23. The van der Waals surface area contributed by atoms with Gasteiger partial charge in [0.2, 0.25) is 0 Å². The van der Waals surface area contributed by atoms with Crippen molar-refractivity contribution >= 4 is 17.6 Å². The molecule has 1 aromatic rings. The first kappa shape index (κ1) is 24.9. The van der Waals surface area contributed by atoms with Crippen molar-refractivity contribution in [3.63, 3.8) is 0 Å². The molecule has 0 aliphatic carbocycles. The molecule has 30 heavy (non-hydrogen) atoms. The third-order valence-corrected chi connectivity index (χ3v) is 5.23. The third kappa shape index (κ3) is 9.62. The van der Waals surface area contributed by atoms with Crippen LogP contribution in [0.4, 0.5) is 0 Å². The standard InChI is InChI=1S/C22H37ClN4O3/c1-3-4-12-28-16-17-29-13-9-25-22(24-2)26-18-21(27-10-14-30-15-11-27)19-5-7-20(23)8-6-19/h5-8,21H,3-4,9-18H2,1-2H3,(H2,24,25,26). The lowest BCUT2D eigenvalue weighted by Gasteiger charge is -2.35. The molecule has 1 heterocycles. The topological polar surface area (TPSA) is 67.4 Å². The van der Waals surface area contributed by atoms with Gasteiger partial charge in [-0.2, -0.15) is 0 Å². The summed E-state index contributed by atoms with van der Waals surface area (Å²) in [6.07, 6.45) is 2.26. The summed E-state index contributed by atoms with van der Waals surface area (Å²) in [5, 5.41) is 7.51. The molecule has 1 unspecified atom stereocenters. The van der Waals surface area contributed by atoms with E-state index >= 15 is 0 Å². The van der Waals surface area contributed by atoms with Gasteiger partial charge in [-0.05, 0) is 24.1 Å². The number of rotatable bonds is 13. The quantitative estimate of drug-likeness (QED) is 0.279. The molecule has 1 saturated heterocycles. The minimum atomic E-state index is 0.223. The van der Waals surface area contributed by atoms with Crippen LogP contribution in [0, 0.1) is 0 Å². The second-order valence-corrected chi connectivity index (χ2v) is 7.61. The Morgan fingerprint density at radius 2 is 1.80 bits per heavy atom. The highest BCUT2D eigenvalue weighted by Gasteiger charge is 2.22. The molecule has 1 fully saturated rings. The Kier molecular flexibility index (Phi) is 12.8. The summed E-state index contributed by atoms with van der Waals surface area (Å²) in [4.78, 5) is 6.77. The maximum absolute atomic E-state index is 6.08. The predicted octanol–water partition coefficient (Wildman–Crippen LogP) is 2.71. The number of ether oxygens (including phenoxy) is 3. The van der Waals surface area contributed by atoms with Gasteiger partial charge >= 0.3 is 0 Å². The lowest BCUT2D eigenvalue weighted by molar-refractivity contribution is 0.0170. The van der Waals surface area contributed by atoms with E-state index in [9.17, 15) is 0 Å². The largest absolute Gasteiger partial charge is 0.379 e. The minimum absolute atomic E-state index is 0.223. The number of unbranched alkanes of at least 4 members (excludes halogenated alkanes) is 1. The molecule has 0 aromatic heterocycles. The molecule has 1 aromatic carbocycles. The Morgan fingerprint density at radius 3 is 2.47 bits per heavy atom. The van der Waals surface area contributed by atoms with E-state index in [0.29, 0.717) is 26.4 Å². The number of benzene rings is 1. The van der Waals surface area contributed by atoms with Crippen molar-refractivity contribution in [2.24, 2.45) is 4.99 Å². The monoisotopic (exact) mass is 440 g/mol. The fourth-order valence-electron chi connectivity index (χ4n) is 3.26. The summed E-state index contributed by atoms with van der Waals surface area (Å²) < 4.78 is 16.6. The smallest absolute Gasteiger partial charge is 0.191 e. The van der Waals surface area contributed by atoms with Crippen molar-refractivity contribution in [1.29, 1.82) is 0 Å². The van der Waals surface area contributed by atoms with Gasteiger partial charge in [0, 0.05) is 44.9 Å². The molecule has 170 valence electrons. The fraction of sp³-hybridized carbons (Fsp3) is 0.682. The van der Waals surface area contributed by atoms with E-state index in [4.69, 9.17) is 25.8 Å². The molecule has 2 rings (SSSR count). The molecule has 8 heteroatoms. The van der Waals surface area contributed by atoms with Gasteiger partial charge in [0.05, 0.1) is 39.1 Å². The maximum Gasteiger partial charge on any atom is 0.191 e. The van der Waals surface area contributed by atoms with Crippen LogP contribution in [-0.2, 0) is 14.2 Å². The predicted molar refractivity (Wildman–Crippen MR) is 122 cm³/mol. The summed E-state index contributed by atoms with van der Waals surface area (Å²) in [6.45, 7) is 9.63. The van der Waals surface area contributed by atoms with Crippen molar-refractivity contribution in [2.45, 2.75) is 25.8 Å². The number of hydrogen-bond acceptors (Lipinski definition) is 5. The van der Waals surface area contributed by atoms with Crippen LogP contribution in [0.15, 0.2) is 29.3 Å². The summed E-state index contributed by atoms with van der Waals surface area (Å²) in [5.41, 5.74) is 1.23. The van der Waals surface area contributed by atoms with E-state index in [1.165, 1.54) is 5.56 Å². The highest BCUT2D eigenvalue weighted by molar-refractivity contribution is 6.30. The van der Waals surface area contributed by atoms with Crippen LogP contribution in [0.5, 0.6) is 0 Å². The molecule has 1 aliphatic rings. The van der Waals surface area contributed by atoms with E-state index in [2.05, 4.69) is 39.6 Å². The molecule has 7 nitrogen and oxygen atoms in total. The van der Waals surface area contributed by atoms with Gasteiger partial charge in [0.15, 0.2) is 5.96 Å². The van der Waals surface area contributed by atoms with Crippen molar-refractivity contribution in [3.8, 4) is 0 Å². The number of aliphatic imine (C=N–C) groups is 1. The van der Waals surface area contributed by atoms with Crippen LogP contribution >= 0.6 is 11.6 Å². The van der Waals surface area contributed by atoms with Gasteiger partial charge in [0.1, 0.15) is 0 Å². The number of nitrogens with zero attached hydrogens (tertiary/aromatic N) is 2. The molecule has 0 amide bonds. The van der Waals surface area contributed by atoms with Gasteiger partial charge in [-0.1, -0.05) is 37.1 Å². The third-order valence-electron chi connectivity index (χ3n) is 4.98. The van der Waals surface area contributed by atoms with Gasteiger partial charge in [-0.15, -0.1) is 0 Å². The number of morpholine rings is 1. The Balaban J connectivity index is 1.73. The zero-order chi connectivity index (χ0) is 21.4. The Hall–Kier alpha value is -1.38. The molecule has 1 atom stereocenters. The van der Waals surface area contributed by atoms with Crippen molar-refractivity contribution in [1.82, 2.24) is 15.5 Å². The number of guanidine groups is 1. The molecular formula is C22H37ClN4O3. The fourth-order valence-corrected chi connectivity index (χ4v) is 3.38. The zero-order valence-corrected chi connectivity index (χ0v) is 19.1. The average Bonchev–Trinajstić information content (AvgIpc) is 2.78. The molecule has 1 aliphatic heterocycles. The van der Waals surface area contributed by atoms with Gasteiger partial charge < -0.3 is 24.8 Å². The van der Waals surface area contributed by atoms with Crippen LogP contribution in [0.1, 0.15) is 31.4 Å². The van der Waals surface area contributed by atoms with E-state index in [1.54, 1.807) is 7.05 Å². The van der Waals surface area contributed by atoms with Gasteiger partial charge in [-0.3, -0.25) is 9.89 Å². The number of nitrogens with one attached hydrogen (secondary N) is 2. The van der Waals surface area contributed by atoms with E-state index in [1.807, 2.05) is 12.1 Å². The summed E-state index contributed by atoms with van der Waals surface area (Å²) in [6, 6.07) is 8.30. The van der Waals surface area contributed by atoms with E-state index in [-0.39, 0.29) is 6.04 Å². The van der Waals surface area contributed by atoms with E-state index < -0.39 is 0 Å². The summed E-state index contributed by atoms with van der Waals surface area (Å²) in [7, 11) is 1.78. The Bertz CT molecular complexity index is 595. The molecule has 2 N–H and O–H groups in total. The zero-order valence-electron chi connectivity index (χ0n) is 18.4. The van der Waals surface area contributed by atoms with Crippen LogP contribution in [0.2, 0.25) is 5.02 Å². The molecule has 0 bridgehead atoms. The first-order chi connectivity index (χ1) is 14.7. The molecule has 0 radical (unpaired) electrons.